The molecule has 5 rings (SSSR count). The second-order valence-corrected chi connectivity index (χ2v) is 12.8. The summed E-state index contributed by atoms with van der Waals surface area (Å²) in [5, 5.41) is 0. The van der Waals surface area contributed by atoms with Crippen molar-refractivity contribution in [3.8, 4) is 11.5 Å². The van der Waals surface area contributed by atoms with Gasteiger partial charge in [-0.2, -0.15) is 0 Å². The highest BCUT2D eigenvalue weighted by atomic mass is 16.6. The molecule has 0 spiro atoms. The molecule has 242 valence electrons. The van der Waals surface area contributed by atoms with Crippen LogP contribution >= 0.6 is 0 Å². The van der Waals surface area contributed by atoms with Gasteiger partial charge in [0.2, 0.25) is 0 Å². The van der Waals surface area contributed by atoms with Crippen LogP contribution in [-0.2, 0) is 29.3 Å². The predicted molar refractivity (Wildman–Crippen MR) is 188 cm³/mol. The maximum Gasteiger partial charge on any atom is 0.308 e. The summed E-state index contributed by atoms with van der Waals surface area (Å²) in [7, 11) is 0. The minimum atomic E-state index is -0.601. The second kappa shape index (κ2) is 16.1. The summed E-state index contributed by atoms with van der Waals surface area (Å²) >= 11 is 0. The molecule has 0 amide bonds. The van der Waals surface area contributed by atoms with Gasteiger partial charge in [-0.15, -0.1) is 0 Å². The predicted octanol–water partition coefficient (Wildman–Crippen LogP) is 9.88. The molecule has 47 heavy (non-hydrogen) atoms. The quantitative estimate of drug-likeness (QED) is 0.115. The fraction of sp³-hybridized carbons (Fsp3) is 0.262. The van der Waals surface area contributed by atoms with Gasteiger partial charge in [0.15, 0.2) is 11.5 Å². The van der Waals surface area contributed by atoms with Crippen molar-refractivity contribution in [1.82, 2.24) is 4.90 Å². The number of carbonyl (C=O) groups excluding carboxylic acids is 1. The zero-order chi connectivity index (χ0) is 33.1. The lowest BCUT2D eigenvalue weighted by atomic mass is 9.96. The van der Waals surface area contributed by atoms with Gasteiger partial charge in [0, 0.05) is 18.6 Å². The van der Waals surface area contributed by atoms with Gasteiger partial charge in [0.25, 0.3) is 0 Å². The molecule has 0 radical (unpaired) electrons. The summed E-state index contributed by atoms with van der Waals surface area (Å²) in [4.78, 5) is 16.0. The normalized spacial score (nSPS) is 12.7. The Labute approximate surface area is 279 Å². The molecule has 5 heteroatoms. The molecule has 0 heterocycles. The van der Waals surface area contributed by atoms with E-state index in [4.69, 9.17) is 14.2 Å². The average Bonchev–Trinajstić information content (AvgIpc) is 3.09. The van der Waals surface area contributed by atoms with Crippen LogP contribution in [-0.4, -0.2) is 16.5 Å². The number of nitrogens with zero attached hydrogens (tertiary/aromatic N) is 1. The van der Waals surface area contributed by atoms with Crippen molar-refractivity contribution in [1.29, 1.82) is 0 Å². The lowest BCUT2D eigenvalue weighted by molar-refractivity contribution is -0.156. The number of esters is 1. The number of benzene rings is 5. The minimum absolute atomic E-state index is 0.00784. The minimum Gasteiger partial charge on any atom is -0.485 e. The molecular formula is C42H45NO4. The van der Waals surface area contributed by atoms with E-state index in [0.717, 1.165) is 22.3 Å². The molecule has 5 aromatic rings. The molecule has 5 aromatic carbocycles. The molecule has 0 aliphatic rings. The standard InChI is InChI=1S/C42H45NO4/c1-32(36-23-15-8-16-24-36)43(29-33-17-9-5-10-18-33)38(28-41(44)47-42(2,3)4)37-25-26-39(45-30-34-19-11-6-12-20-34)40(27-37)46-31-35-21-13-7-14-22-35/h5-27,32,38H,28-31H2,1-4H3/t32-,38+/m0/s1. The van der Waals surface area contributed by atoms with E-state index < -0.39 is 5.60 Å². The molecule has 0 saturated carbocycles. The number of ether oxygens (including phenoxy) is 3. The van der Waals surface area contributed by atoms with E-state index in [0.29, 0.717) is 31.3 Å². The third kappa shape index (κ3) is 10.1. The zero-order valence-electron chi connectivity index (χ0n) is 27.8. The summed E-state index contributed by atoms with van der Waals surface area (Å²) in [5.41, 5.74) is 4.80. The van der Waals surface area contributed by atoms with Gasteiger partial charge >= 0.3 is 5.97 Å². The van der Waals surface area contributed by atoms with E-state index >= 15 is 0 Å². The second-order valence-electron chi connectivity index (χ2n) is 12.8. The third-order valence-corrected chi connectivity index (χ3v) is 7.99. The van der Waals surface area contributed by atoms with E-state index in [1.54, 1.807) is 0 Å². The third-order valence-electron chi connectivity index (χ3n) is 7.99. The Balaban J connectivity index is 1.55. The van der Waals surface area contributed by atoms with Gasteiger partial charge in [-0.05, 0) is 67.6 Å². The van der Waals surface area contributed by atoms with Crippen molar-refractivity contribution in [2.75, 3.05) is 0 Å². The summed E-state index contributed by atoms with van der Waals surface area (Å²) in [6, 6.07) is 46.7. The van der Waals surface area contributed by atoms with Crippen LogP contribution in [0.15, 0.2) is 140 Å². The first-order valence-electron chi connectivity index (χ1n) is 16.3. The van der Waals surface area contributed by atoms with E-state index in [1.165, 1.54) is 5.56 Å². The van der Waals surface area contributed by atoms with Crippen LogP contribution in [0.5, 0.6) is 11.5 Å². The summed E-state index contributed by atoms with van der Waals surface area (Å²) in [6.07, 6.45) is 0.170. The number of hydrogen-bond donors (Lipinski definition) is 0. The summed E-state index contributed by atoms with van der Waals surface area (Å²) in [6.45, 7) is 9.35. The van der Waals surface area contributed by atoms with Crippen LogP contribution in [0.1, 0.15) is 74.0 Å². The fourth-order valence-corrected chi connectivity index (χ4v) is 5.64. The highest BCUT2D eigenvalue weighted by molar-refractivity contribution is 5.71. The monoisotopic (exact) mass is 627 g/mol. The van der Waals surface area contributed by atoms with Crippen LogP contribution in [0, 0.1) is 0 Å². The van der Waals surface area contributed by atoms with Crippen LogP contribution in [0.3, 0.4) is 0 Å². The van der Waals surface area contributed by atoms with Crippen LogP contribution in [0.2, 0.25) is 0 Å². The van der Waals surface area contributed by atoms with Gasteiger partial charge in [-0.1, -0.05) is 127 Å². The molecule has 5 nitrogen and oxygen atoms in total. The Kier molecular flexibility index (Phi) is 11.5. The maximum absolute atomic E-state index is 13.6. The van der Waals surface area contributed by atoms with E-state index in [-0.39, 0.29) is 24.5 Å². The van der Waals surface area contributed by atoms with Crippen molar-refractivity contribution in [3.05, 3.63) is 167 Å². The summed E-state index contributed by atoms with van der Waals surface area (Å²) in [5.74, 6) is 1.02. The van der Waals surface area contributed by atoms with Crippen LogP contribution in [0.25, 0.3) is 0 Å². The van der Waals surface area contributed by atoms with Gasteiger partial charge < -0.3 is 14.2 Å². The van der Waals surface area contributed by atoms with Gasteiger partial charge in [0.05, 0.1) is 6.42 Å². The molecule has 0 bridgehead atoms. The Bertz CT molecular complexity index is 1670. The molecule has 0 aliphatic carbocycles. The Morgan fingerprint density at radius 3 is 1.64 bits per heavy atom. The van der Waals surface area contributed by atoms with Crippen molar-refractivity contribution < 1.29 is 19.0 Å². The zero-order valence-corrected chi connectivity index (χ0v) is 27.8. The van der Waals surface area contributed by atoms with Gasteiger partial charge in [-0.3, -0.25) is 9.69 Å². The van der Waals surface area contributed by atoms with E-state index in [1.807, 2.05) is 106 Å². The van der Waals surface area contributed by atoms with Gasteiger partial charge in [-0.25, -0.2) is 0 Å². The molecule has 0 fully saturated rings. The molecule has 2 atom stereocenters. The van der Waals surface area contributed by atoms with Crippen molar-refractivity contribution in [2.45, 2.75) is 71.6 Å². The first kappa shape index (κ1) is 33.5. The molecule has 0 saturated heterocycles. The highest BCUT2D eigenvalue weighted by Gasteiger charge is 2.31. The van der Waals surface area contributed by atoms with Gasteiger partial charge in [0.1, 0.15) is 18.8 Å². The number of rotatable bonds is 14. The van der Waals surface area contributed by atoms with E-state index in [2.05, 4.69) is 66.4 Å². The molecular weight excluding hydrogens is 582 g/mol. The largest absolute Gasteiger partial charge is 0.485 e. The maximum atomic E-state index is 13.6. The fourth-order valence-electron chi connectivity index (χ4n) is 5.64. The molecule has 0 unspecified atom stereocenters. The Morgan fingerprint density at radius 2 is 1.11 bits per heavy atom. The first-order valence-corrected chi connectivity index (χ1v) is 16.3. The lowest BCUT2D eigenvalue weighted by Gasteiger charge is -2.37. The van der Waals surface area contributed by atoms with Crippen molar-refractivity contribution in [3.63, 3.8) is 0 Å². The topological polar surface area (TPSA) is 48.0 Å². The Morgan fingerprint density at radius 1 is 0.617 bits per heavy atom. The molecule has 0 aliphatic heterocycles. The van der Waals surface area contributed by atoms with E-state index in [9.17, 15) is 4.79 Å². The summed E-state index contributed by atoms with van der Waals surface area (Å²) < 4.78 is 18.7. The van der Waals surface area contributed by atoms with Crippen molar-refractivity contribution in [2.24, 2.45) is 0 Å². The first-order chi connectivity index (χ1) is 22.7. The van der Waals surface area contributed by atoms with Crippen molar-refractivity contribution >= 4 is 5.97 Å². The Hall–Kier alpha value is -4.87. The highest BCUT2D eigenvalue weighted by Crippen LogP contribution is 2.39. The molecule has 0 N–H and O–H groups in total. The smallest absolute Gasteiger partial charge is 0.308 e. The SMILES string of the molecule is C[C@@H](c1ccccc1)N(Cc1ccccc1)[C@H](CC(=O)OC(C)(C)C)c1ccc(OCc2ccccc2)c(OCc2ccccc2)c1. The molecule has 0 aromatic heterocycles. The van der Waals surface area contributed by atoms with Crippen LogP contribution in [0.4, 0.5) is 0 Å². The number of carbonyl (C=O) groups is 1. The van der Waals surface area contributed by atoms with Crippen LogP contribution < -0.4 is 9.47 Å². The average molecular weight is 628 g/mol. The lowest BCUT2D eigenvalue weighted by Crippen LogP contribution is -2.34. The number of hydrogen-bond acceptors (Lipinski definition) is 5.